The summed E-state index contributed by atoms with van der Waals surface area (Å²) in [5, 5.41) is 0. The minimum atomic E-state index is 0.668. The van der Waals surface area contributed by atoms with E-state index in [1.807, 2.05) is 55.5 Å². The molecular weight excluding hydrogens is 224 g/mol. The van der Waals surface area contributed by atoms with E-state index in [1.165, 1.54) is 0 Å². The van der Waals surface area contributed by atoms with E-state index in [-0.39, 0.29) is 0 Å². The molecule has 0 bridgehead atoms. The van der Waals surface area contributed by atoms with Crippen molar-refractivity contribution >= 4 is 6.08 Å². The number of benzene rings is 2. The first-order valence-corrected chi connectivity index (χ1v) is 5.95. The highest BCUT2D eigenvalue weighted by atomic mass is 16.5. The van der Waals surface area contributed by atoms with E-state index < -0.39 is 0 Å². The van der Waals surface area contributed by atoms with Gasteiger partial charge >= 0.3 is 0 Å². The molecule has 0 aliphatic heterocycles. The topological polar surface area (TPSA) is 18.5 Å². The zero-order valence-electron chi connectivity index (χ0n) is 10.4. The molecule has 2 rings (SSSR count). The van der Waals surface area contributed by atoms with Gasteiger partial charge in [0.2, 0.25) is 0 Å². The summed E-state index contributed by atoms with van der Waals surface area (Å²) >= 11 is 0. The van der Waals surface area contributed by atoms with Crippen molar-refractivity contribution in [1.82, 2.24) is 0 Å². The molecule has 0 saturated heterocycles. The maximum atomic E-state index is 5.75. The Morgan fingerprint density at radius 2 is 1.72 bits per heavy atom. The number of hydrogen-bond acceptors (Lipinski definition) is 2. The van der Waals surface area contributed by atoms with Crippen LogP contribution in [-0.2, 0) is 0 Å². The van der Waals surface area contributed by atoms with Crippen molar-refractivity contribution in [3.8, 4) is 17.2 Å². The van der Waals surface area contributed by atoms with Crippen LogP contribution in [0.3, 0.4) is 0 Å². The van der Waals surface area contributed by atoms with E-state index in [9.17, 15) is 0 Å². The van der Waals surface area contributed by atoms with Crippen LogP contribution in [0.5, 0.6) is 17.2 Å². The summed E-state index contributed by atoms with van der Waals surface area (Å²) in [6.07, 6.45) is 1.80. The van der Waals surface area contributed by atoms with Crippen LogP contribution in [0.25, 0.3) is 6.08 Å². The summed E-state index contributed by atoms with van der Waals surface area (Å²) < 4.78 is 11.1. The second-order valence-electron chi connectivity index (χ2n) is 3.78. The third-order valence-electron chi connectivity index (χ3n) is 2.46. The molecule has 2 aromatic carbocycles. The molecule has 92 valence electrons. The van der Waals surface area contributed by atoms with E-state index in [4.69, 9.17) is 9.47 Å². The molecule has 0 amide bonds. The van der Waals surface area contributed by atoms with Gasteiger partial charge in [0, 0.05) is 0 Å². The lowest BCUT2D eigenvalue weighted by molar-refractivity contribution is 0.339. The van der Waals surface area contributed by atoms with Gasteiger partial charge in [0.25, 0.3) is 0 Å². The Balaban J connectivity index is 2.10. The number of ether oxygens (including phenoxy) is 2. The highest BCUT2D eigenvalue weighted by molar-refractivity contribution is 5.50. The normalized spacial score (nSPS) is 9.83. The average molecular weight is 240 g/mol. The smallest absolute Gasteiger partial charge is 0.128 e. The van der Waals surface area contributed by atoms with Crippen molar-refractivity contribution in [2.24, 2.45) is 0 Å². The van der Waals surface area contributed by atoms with Gasteiger partial charge in [-0.05, 0) is 48.9 Å². The fourth-order valence-electron chi connectivity index (χ4n) is 1.61. The van der Waals surface area contributed by atoms with Gasteiger partial charge in [-0.1, -0.05) is 24.8 Å². The Kier molecular flexibility index (Phi) is 4.02. The van der Waals surface area contributed by atoms with Crippen LogP contribution in [0.4, 0.5) is 0 Å². The van der Waals surface area contributed by atoms with Crippen LogP contribution in [-0.4, -0.2) is 6.61 Å². The molecule has 0 saturated carbocycles. The van der Waals surface area contributed by atoms with Crippen LogP contribution in [0.1, 0.15) is 12.5 Å². The molecule has 0 fully saturated rings. The standard InChI is InChI=1S/C16H16O2/c1-3-13-6-5-7-16(12-13)18-15-10-8-14(9-11-15)17-4-2/h3,5-12H,1,4H2,2H3. The largest absolute Gasteiger partial charge is 0.494 e. The van der Waals surface area contributed by atoms with Crippen LogP contribution in [0, 0.1) is 0 Å². The van der Waals surface area contributed by atoms with Gasteiger partial charge in [-0.15, -0.1) is 0 Å². The molecule has 2 heteroatoms. The number of rotatable bonds is 5. The molecule has 2 nitrogen and oxygen atoms in total. The van der Waals surface area contributed by atoms with E-state index in [0.717, 1.165) is 22.8 Å². The van der Waals surface area contributed by atoms with E-state index >= 15 is 0 Å². The SMILES string of the molecule is C=Cc1cccc(Oc2ccc(OCC)cc2)c1. The second kappa shape index (κ2) is 5.92. The van der Waals surface area contributed by atoms with Crippen LogP contribution in [0.15, 0.2) is 55.1 Å². The molecule has 2 aromatic rings. The van der Waals surface area contributed by atoms with Crippen molar-refractivity contribution in [2.75, 3.05) is 6.61 Å². The second-order valence-corrected chi connectivity index (χ2v) is 3.78. The first-order chi connectivity index (χ1) is 8.81. The van der Waals surface area contributed by atoms with Gasteiger partial charge < -0.3 is 9.47 Å². The quantitative estimate of drug-likeness (QED) is 0.765. The lowest BCUT2D eigenvalue weighted by atomic mass is 10.2. The Morgan fingerprint density at radius 1 is 1.00 bits per heavy atom. The molecule has 0 unspecified atom stereocenters. The van der Waals surface area contributed by atoms with Crippen molar-refractivity contribution in [3.63, 3.8) is 0 Å². The summed E-state index contributed by atoms with van der Waals surface area (Å²) in [5.41, 5.74) is 1.04. The monoisotopic (exact) mass is 240 g/mol. The molecule has 0 N–H and O–H groups in total. The van der Waals surface area contributed by atoms with Crippen molar-refractivity contribution < 1.29 is 9.47 Å². The predicted octanol–water partition coefficient (Wildman–Crippen LogP) is 4.52. The Hall–Kier alpha value is -2.22. The van der Waals surface area contributed by atoms with Gasteiger partial charge in [-0.25, -0.2) is 0 Å². The summed E-state index contributed by atoms with van der Waals surface area (Å²) in [6.45, 7) is 6.37. The minimum Gasteiger partial charge on any atom is -0.494 e. The predicted molar refractivity (Wildman–Crippen MR) is 74.2 cm³/mol. The third kappa shape index (κ3) is 3.14. The van der Waals surface area contributed by atoms with Gasteiger partial charge in [0.1, 0.15) is 17.2 Å². The van der Waals surface area contributed by atoms with Crippen molar-refractivity contribution in [2.45, 2.75) is 6.92 Å². The fraction of sp³-hybridized carbons (Fsp3) is 0.125. The van der Waals surface area contributed by atoms with Crippen LogP contribution in [0.2, 0.25) is 0 Å². The summed E-state index contributed by atoms with van der Waals surface area (Å²) in [7, 11) is 0. The molecule has 0 atom stereocenters. The fourth-order valence-corrected chi connectivity index (χ4v) is 1.61. The van der Waals surface area contributed by atoms with Crippen molar-refractivity contribution in [1.29, 1.82) is 0 Å². The summed E-state index contributed by atoms with van der Waals surface area (Å²) in [6, 6.07) is 15.4. The highest BCUT2D eigenvalue weighted by Gasteiger charge is 1.98. The van der Waals surface area contributed by atoms with Gasteiger partial charge in [0.05, 0.1) is 6.61 Å². The molecule has 0 aromatic heterocycles. The molecule has 0 spiro atoms. The zero-order valence-corrected chi connectivity index (χ0v) is 10.4. The average Bonchev–Trinajstić information content (AvgIpc) is 2.42. The summed E-state index contributed by atoms with van der Waals surface area (Å²) in [5.74, 6) is 2.45. The zero-order chi connectivity index (χ0) is 12.8. The molecule has 0 aliphatic carbocycles. The highest BCUT2D eigenvalue weighted by Crippen LogP contribution is 2.24. The molecular formula is C16H16O2. The van der Waals surface area contributed by atoms with Crippen LogP contribution < -0.4 is 9.47 Å². The minimum absolute atomic E-state index is 0.668. The first-order valence-electron chi connectivity index (χ1n) is 5.95. The van der Waals surface area contributed by atoms with E-state index in [1.54, 1.807) is 6.08 Å². The van der Waals surface area contributed by atoms with Gasteiger partial charge in [0.15, 0.2) is 0 Å². The maximum Gasteiger partial charge on any atom is 0.128 e. The number of hydrogen-bond donors (Lipinski definition) is 0. The lowest BCUT2D eigenvalue weighted by Crippen LogP contribution is -1.91. The molecule has 0 aliphatic rings. The van der Waals surface area contributed by atoms with Crippen molar-refractivity contribution in [3.05, 3.63) is 60.7 Å². The van der Waals surface area contributed by atoms with Crippen LogP contribution >= 0.6 is 0 Å². The molecule has 0 heterocycles. The van der Waals surface area contributed by atoms with Gasteiger partial charge in [-0.2, -0.15) is 0 Å². The Bertz CT molecular complexity index is 515. The summed E-state index contributed by atoms with van der Waals surface area (Å²) in [4.78, 5) is 0. The third-order valence-corrected chi connectivity index (χ3v) is 2.46. The van der Waals surface area contributed by atoms with Gasteiger partial charge in [-0.3, -0.25) is 0 Å². The lowest BCUT2D eigenvalue weighted by Gasteiger charge is -2.07. The maximum absolute atomic E-state index is 5.75. The molecule has 18 heavy (non-hydrogen) atoms. The molecule has 0 radical (unpaired) electrons. The first kappa shape index (κ1) is 12.2. The van der Waals surface area contributed by atoms with E-state index in [2.05, 4.69) is 6.58 Å². The Labute approximate surface area is 107 Å². The Morgan fingerprint density at radius 3 is 2.39 bits per heavy atom. The van der Waals surface area contributed by atoms with E-state index in [0.29, 0.717) is 6.61 Å².